The molecule has 0 aliphatic heterocycles. The summed E-state index contributed by atoms with van der Waals surface area (Å²) in [5.41, 5.74) is 0.0436. The lowest BCUT2D eigenvalue weighted by atomic mass is 10.4. The van der Waals surface area contributed by atoms with Gasteiger partial charge in [0.05, 0.1) is 6.20 Å². The fourth-order valence-corrected chi connectivity index (χ4v) is 1.47. The Kier molecular flexibility index (Phi) is 4.72. The Bertz CT molecular complexity index is 604. The molecule has 1 N–H and O–H groups in total. The summed E-state index contributed by atoms with van der Waals surface area (Å²) in [6.45, 7) is -0.423. The number of pyridine rings is 1. The number of ether oxygens (including phenoxy) is 1. The van der Waals surface area contributed by atoms with Gasteiger partial charge in [-0.15, -0.1) is 0 Å². The number of carbonyl (C=O) groups is 2. The van der Waals surface area contributed by atoms with E-state index in [2.05, 4.69) is 36.2 Å². The highest BCUT2D eigenvalue weighted by Gasteiger charge is 2.11. The van der Waals surface area contributed by atoms with Crippen LogP contribution < -0.4 is 5.32 Å². The summed E-state index contributed by atoms with van der Waals surface area (Å²) in [5.74, 6) is -0.831. The molecule has 0 bridgehead atoms. The standard InChI is InChI=1S/C12H9BrN4O3/c13-8-1-2-10(16-5-8)17-11(18)7-20-12(19)9-6-14-3-4-15-9/h1-6H,7H2,(H,16,17,18). The van der Waals surface area contributed by atoms with E-state index >= 15 is 0 Å². The van der Waals surface area contributed by atoms with E-state index < -0.39 is 18.5 Å². The van der Waals surface area contributed by atoms with Gasteiger partial charge in [0.25, 0.3) is 5.91 Å². The molecule has 0 aliphatic rings. The topological polar surface area (TPSA) is 94.1 Å². The summed E-state index contributed by atoms with van der Waals surface area (Å²) in [5, 5.41) is 2.49. The van der Waals surface area contributed by atoms with E-state index in [-0.39, 0.29) is 5.69 Å². The van der Waals surface area contributed by atoms with Crippen molar-refractivity contribution in [2.45, 2.75) is 0 Å². The number of halogens is 1. The number of carbonyl (C=O) groups excluding carboxylic acids is 2. The number of anilines is 1. The van der Waals surface area contributed by atoms with Crippen molar-refractivity contribution in [3.05, 3.63) is 47.1 Å². The van der Waals surface area contributed by atoms with Crippen LogP contribution in [0.5, 0.6) is 0 Å². The number of nitrogens with zero attached hydrogens (tertiary/aromatic N) is 3. The predicted molar refractivity (Wildman–Crippen MR) is 72.9 cm³/mol. The molecule has 0 saturated heterocycles. The van der Waals surface area contributed by atoms with Crippen LogP contribution in [0.15, 0.2) is 41.4 Å². The molecule has 0 aliphatic carbocycles. The van der Waals surface area contributed by atoms with Gasteiger partial charge in [-0.2, -0.15) is 0 Å². The molecule has 0 unspecified atom stereocenters. The smallest absolute Gasteiger partial charge is 0.359 e. The molecule has 2 rings (SSSR count). The number of rotatable bonds is 4. The lowest BCUT2D eigenvalue weighted by molar-refractivity contribution is -0.119. The molecule has 2 aromatic rings. The fourth-order valence-electron chi connectivity index (χ4n) is 1.24. The molecule has 7 nitrogen and oxygen atoms in total. The maximum atomic E-state index is 11.6. The highest BCUT2D eigenvalue weighted by Crippen LogP contribution is 2.10. The van der Waals surface area contributed by atoms with Crippen LogP contribution >= 0.6 is 15.9 Å². The lowest BCUT2D eigenvalue weighted by Crippen LogP contribution is -2.21. The third-order valence-corrected chi connectivity index (χ3v) is 2.57. The molecule has 0 radical (unpaired) electrons. The minimum absolute atomic E-state index is 0.0436. The Morgan fingerprint density at radius 1 is 1.20 bits per heavy atom. The van der Waals surface area contributed by atoms with E-state index in [9.17, 15) is 9.59 Å². The summed E-state index contributed by atoms with van der Waals surface area (Å²) in [6.07, 6.45) is 5.60. The summed E-state index contributed by atoms with van der Waals surface area (Å²) in [6, 6.07) is 3.35. The van der Waals surface area contributed by atoms with Gasteiger partial charge in [0, 0.05) is 23.1 Å². The maximum absolute atomic E-state index is 11.6. The zero-order valence-electron chi connectivity index (χ0n) is 10.1. The van der Waals surface area contributed by atoms with Crippen molar-refractivity contribution in [2.24, 2.45) is 0 Å². The van der Waals surface area contributed by atoms with Gasteiger partial charge >= 0.3 is 5.97 Å². The van der Waals surface area contributed by atoms with Crippen LogP contribution in [0.25, 0.3) is 0 Å². The first kappa shape index (κ1) is 14.1. The first-order valence-electron chi connectivity index (χ1n) is 5.49. The van der Waals surface area contributed by atoms with Crippen molar-refractivity contribution in [1.82, 2.24) is 15.0 Å². The predicted octanol–water partition coefficient (Wildman–Crippen LogP) is 1.43. The van der Waals surface area contributed by atoms with E-state index in [1.807, 2.05) is 0 Å². The van der Waals surface area contributed by atoms with Gasteiger partial charge in [0.15, 0.2) is 12.3 Å². The van der Waals surface area contributed by atoms with Gasteiger partial charge in [-0.3, -0.25) is 9.78 Å². The summed E-state index contributed by atoms with van der Waals surface area (Å²) < 4.78 is 5.59. The third kappa shape index (κ3) is 4.09. The van der Waals surface area contributed by atoms with Gasteiger partial charge in [0.2, 0.25) is 0 Å². The quantitative estimate of drug-likeness (QED) is 0.849. The minimum Gasteiger partial charge on any atom is -0.451 e. The summed E-state index contributed by atoms with van der Waals surface area (Å²) in [4.78, 5) is 34.5. The second kappa shape index (κ2) is 6.71. The first-order valence-corrected chi connectivity index (χ1v) is 6.29. The molecule has 0 saturated carbocycles. The number of hydrogen-bond acceptors (Lipinski definition) is 6. The van der Waals surface area contributed by atoms with Gasteiger partial charge in [-0.25, -0.2) is 14.8 Å². The molecule has 102 valence electrons. The van der Waals surface area contributed by atoms with E-state index in [4.69, 9.17) is 4.74 Å². The Morgan fingerprint density at radius 2 is 2.05 bits per heavy atom. The van der Waals surface area contributed by atoms with Crippen molar-refractivity contribution >= 4 is 33.6 Å². The molecule has 1 amide bonds. The van der Waals surface area contributed by atoms with Gasteiger partial charge in [0.1, 0.15) is 5.82 Å². The molecule has 8 heteroatoms. The Morgan fingerprint density at radius 3 is 2.70 bits per heavy atom. The highest BCUT2D eigenvalue weighted by atomic mass is 79.9. The third-order valence-electron chi connectivity index (χ3n) is 2.10. The molecule has 2 heterocycles. The molecular formula is C12H9BrN4O3. The van der Waals surface area contributed by atoms with Crippen molar-refractivity contribution in [3.63, 3.8) is 0 Å². The molecule has 0 atom stereocenters. The Labute approximate surface area is 122 Å². The van der Waals surface area contributed by atoms with E-state index in [1.54, 1.807) is 18.3 Å². The zero-order valence-corrected chi connectivity index (χ0v) is 11.7. The van der Waals surface area contributed by atoms with Gasteiger partial charge in [-0.05, 0) is 28.1 Å². The number of aromatic nitrogens is 3. The number of amides is 1. The number of nitrogens with one attached hydrogen (secondary N) is 1. The average Bonchev–Trinajstić information content (AvgIpc) is 2.48. The monoisotopic (exact) mass is 336 g/mol. The van der Waals surface area contributed by atoms with E-state index in [0.717, 1.165) is 4.47 Å². The first-order chi connectivity index (χ1) is 9.65. The molecule has 2 aromatic heterocycles. The fraction of sp³-hybridized carbons (Fsp3) is 0.0833. The normalized spacial score (nSPS) is 9.85. The Hall–Kier alpha value is -2.35. The maximum Gasteiger partial charge on any atom is 0.359 e. The lowest BCUT2D eigenvalue weighted by Gasteiger charge is -2.05. The van der Waals surface area contributed by atoms with Crippen LogP contribution in [-0.4, -0.2) is 33.4 Å². The minimum atomic E-state index is -0.711. The zero-order chi connectivity index (χ0) is 14.4. The van der Waals surface area contributed by atoms with Crippen molar-refractivity contribution in [2.75, 3.05) is 11.9 Å². The van der Waals surface area contributed by atoms with Gasteiger partial charge in [-0.1, -0.05) is 0 Å². The number of esters is 1. The SMILES string of the molecule is O=C(COC(=O)c1cnccn1)Nc1ccc(Br)cn1. The molecule has 0 spiro atoms. The summed E-state index contributed by atoms with van der Waals surface area (Å²) >= 11 is 3.23. The van der Waals surface area contributed by atoms with Gasteiger partial charge < -0.3 is 10.1 Å². The van der Waals surface area contributed by atoms with Crippen LogP contribution in [0.3, 0.4) is 0 Å². The van der Waals surface area contributed by atoms with Crippen LogP contribution in [-0.2, 0) is 9.53 Å². The van der Waals surface area contributed by atoms with E-state index in [0.29, 0.717) is 5.82 Å². The second-order valence-corrected chi connectivity index (χ2v) is 4.49. The number of hydrogen-bond donors (Lipinski definition) is 1. The summed E-state index contributed by atoms with van der Waals surface area (Å²) in [7, 11) is 0. The van der Waals surface area contributed by atoms with Crippen LogP contribution in [0.4, 0.5) is 5.82 Å². The largest absolute Gasteiger partial charge is 0.451 e. The van der Waals surface area contributed by atoms with E-state index in [1.165, 1.54) is 18.6 Å². The average molecular weight is 337 g/mol. The molecule has 20 heavy (non-hydrogen) atoms. The molecular weight excluding hydrogens is 328 g/mol. The molecule has 0 fully saturated rings. The Balaban J connectivity index is 1.83. The van der Waals surface area contributed by atoms with Crippen LogP contribution in [0.1, 0.15) is 10.5 Å². The van der Waals surface area contributed by atoms with Crippen molar-refractivity contribution in [3.8, 4) is 0 Å². The highest BCUT2D eigenvalue weighted by molar-refractivity contribution is 9.10. The molecule has 0 aromatic carbocycles. The van der Waals surface area contributed by atoms with Crippen LogP contribution in [0.2, 0.25) is 0 Å². The van der Waals surface area contributed by atoms with Crippen LogP contribution in [0, 0.1) is 0 Å². The second-order valence-electron chi connectivity index (χ2n) is 3.58. The van der Waals surface area contributed by atoms with Crippen molar-refractivity contribution in [1.29, 1.82) is 0 Å². The van der Waals surface area contributed by atoms with Crippen molar-refractivity contribution < 1.29 is 14.3 Å².